The Morgan fingerprint density at radius 2 is 2.23 bits per heavy atom. The minimum absolute atomic E-state index is 0.0436. The average Bonchev–Trinajstić information content (AvgIpc) is 3.24. The van der Waals surface area contributed by atoms with E-state index in [0.717, 1.165) is 29.3 Å². The highest BCUT2D eigenvalue weighted by Crippen LogP contribution is 2.32. The molecule has 1 N–H and O–H groups in total. The van der Waals surface area contributed by atoms with Gasteiger partial charge in [0.15, 0.2) is 5.13 Å². The monoisotopic (exact) mass is 386 g/mol. The van der Waals surface area contributed by atoms with Crippen molar-refractivity contribution in [2.75, 3.05) is 5.32 Å². The normalized spacial score (nSPS) is 17.0. The summed E-state index contributed by atoms with van der Waals surface area (Å²) >= 11 is 7.66. The molecule has 3 aromatic rings. The summed E-state index contributed by atoms with van der Waals surface area (Å²) < 4.78 is 14.6. The van der Waals surface area contributed by atoms with Crippen LogP contribution in [0.15, 0.2) is 36.4 Å². The summed E-state index contributed by atoms with van der Waals surface area (Å²) in [6.07, 6.45) is 2.44. The van der Waals surface area contributed by atoms with E-state index in [9.17, 15) is 9.18 Å². The van der Waals surface area contributed by atoms with Gasteiger partial charge in [-0.2, -0.15) is 0 Å². The summed E-state index contributed by atoms with van der Waals surface area (Å²) in [7, 11) is 0. The summed E-state index contributed by atoms with van der Waals surface area (Å²) in [5.41, 5.74) is 2.15. The molecule has 1 aliphatic heterocycles. The lowest BCUT2D eigenvalue weighted by atomic mass is 9.44. The van der Waals surface area contributed by atoms with Gasteiger partial charge in [0.2, 0.25) is 6.71 Å². The van der Waals surface area contributed by atoms with Crippen LogP contribution < -0.4 is 5.32 Å². The Balaban J connectivity index is 1.47. The number of hydrogen-bond acceptors (Lipinski definition) is 4. The van der Waals surface area contributed by atoms with Gasteiger partial charge in [-0.25, -0.2) is 9.37 Å². The van der Waals surface area contributed by atoms with Crippen molar-refractivity contribution in [2.24, 2.45) is 0 Å². The minimum Gasteiger partial charge on any atom is -0.359 e. The number of thiazole rings is 1. The zero-order valence-corrected chi connectivity index (χ0v) is 15.8. The molecule has 1 aliphatic rings. The number of anilines is 1. The maximum Gasteiger partial charge on any atom is 0.232 e. The number of para-hydroxylation sites is 1. The molecule has 4 rings (SSSR count). The van der Waals surface area contributed by atoms with E-state index in [4.69, 9.17) is 11.6 Å². The third-order valence-electron chi connectivity index (χ3n) is 4.89. The number of carbonyl (C=O) groups is 1. The quantitative estimate of drug-likeness (QED) is 0.602. The van der Waals surface area contributed by atoms with Crippen molar-refractivity contribution in [3.8, 4) is 0 Å². The lowest BCUT2D eigenvalue weighted by molar-refractivity contribution is 0.107. The number of nitrogens with zero attached hydrogens (tertiary/aromatic N) is 1. The Morgan fingerprint density at radius 1 is 1.38 bits per heavy atom. The summed E-state index contributed by atoms with van der Waals surface area (Å²) in [5, 5.41) is 4.59. The molecule has 0 saturated carbocycles. The lowest BCUT2D eigenvalue weighted by Gasteiger charge is -2.11. The fourth-order valence-corrected chi connectivity index (χ4v) is 4.72. The fourth-order valence-electron chi connectivity index (χ4n) is 3.55. The van der Waals surface area contributed by atoms with Gasteiger partial charge < -0.3 is 10.1 Å². The zero-order valence-electron chi connectivity index (χ0n) is 14.3. The van der Waals surface area contributed by atoms with Gasteiger partial charge in [0, 0.05) is 11.6 Å². The van der Waals surface area contributed by atoms with E-state index in [2.05, 4.69) is 10.3 Å². The van der Waals surface area contributed by atoms with Crippen molar-refractivity contribution in [1.82, 2.24) is 4.98 Å². The minimum atomic E-state index is -0.305. The van der Waals surface area contributed by atoms with Gasteiger partial charge in [-0.1, -0.05) is 47.0 Å². The SMILES string of the molecule is Cc1ccc(Cl)c(C(=O)B2CCC(Nc3nc4c(F)cccc4s3)C2)c1. The Morgan fingerprint density at radius 3 is 3.04 bits per heavy atom. The summed E-state index contributed by atoms with van der Waals surface area (Å²) in [6, 6.07) is 10.7. The number of rotatable bonds is 4. The molecule has 1 fully saturated rings. The van der Waals surface area contributed by atoms with Crippen LogP contribution in [0.25, 0.3) is 10.2 Å². The number of aryl methyl sites for hydroxylation is 1. The van der Waals surface area contributed by atoms with Gasteiger partial charge in [0.1, 0.15) is 17.0 Å². The number of carbonyl (C=O) groups excluding carboxylic acids is 1. The number of benzene rings is 2. The smallest absolute Gasteiger partial charge is 0.232 e. The second kappa shape index (κ2) is 7.01. The van der Waals surface area contributed by atoms with E-state index in [1.807, 2.05) is 25.1 Å². The summed E-state index contributed by atoms with van der Waals surface area (Å²) in [4.78, 5) is 17.2. The van der Waals surface area contributed by atoms with E-state index < -0.39 is 0 Å². The van der Waals surface area contributed by atoms with Gasteiger partial charge in [-0.05, 0) is 43.9 Å². The molecule has 1 unspecified atom stereocenters. The standard InChI is InChI=1S/C19H17BClFN2OS/c1-11-5-6-14(21)13(9-11)18(25)20-8-7-12(10-20)23-19-24-17-15(22)3-2-4-16(17)26-19/h2-6,9,12H,7-8,10H2,1H3,(H,23,24). The van der Waals surface area contributed by atoms with Crippen molar-refractivity contribution in [2.45, 2.75) is 32.0 Å². The first kappa shape index (κ1) is 17.5. The Kier molecular flexibility index (Phi) is 4.72. The first-order chi connectivity index (χ1) is 12.5. The molecule has 0 amide bonds. The molecule has 26 heavy (non-hydrogen) atoms. The van der Waals surface area contributed by atoms with Crippen LogP contribution in [0.5, 0.6) is 0 Å². The zero-order chi connectivity index (χ0) is 18.3. The van der Waals surface area contributed by atoms with E-state index in [0.29, 0.717) is 21.2 Å². The molecule has 0 bridgehead atoms. The highest BCUT2D eigenvalue weighted by atomic mass is 35.5. The second-order valence-corrected chi connectivity index (χ2v) is 8.24. The van der Waals surface area contributed by atoms with Crippen LogP contribution in [0, 0.1) is 12.7 Å². The molecular weight excluding hydrogens is 370 g/mol. The first-order valence-electron chi connectivity index (χ1n) is 8.63. The molecule has 7 heteroatoms. The fraction of sp³-hybridized carbons (Fsp3) is 0.263. The van der Waals surface area contributed by atoms with Gasteiger partial charge in [-0.15, -0.1) is 0 Å². The van der Waals surface area contributed by atoms with Gasteiger partial charge in [-0.3, -0.25) is 0 Å². The van der Waals surface area contributed by atoms with Crippen molar-refractivity contribution in [3.63, 3.8) is 0 Å². The van der Waals surface area contributed by atoms with Crippen molar-refractivity contribution in [3.05, 3.63) is 58.4 Å². The molecule has 1 atom stereocenters. The van der Waals surface area contributed by atoms with Crippen molar-refractivity contribution >= 4 is 50.7 Å². The molecule has 2 aromatic carbocycles. The molecule has 3 nitrogen and oxygen atoms in total. The van der Waals surface area contributed by atoms with E-state index in [1.165, 1.54) is 17.4 Å². The van der Waals surface area contributed by atoms with Gasteiger partial charge in [0.05, 0.1) is 9.72 Å². The maximum atomic E-state index is 13.8. The maximum absolute atomic E-state index is 13.8. The number of halogens is 2. The Labute approximate surface area is 160 Å². The number of nitrogens with one attached hydrogen (secondary N) is 1. The van der Waals surface area contributed by atoms with Crippen LogP contribution in [0.2, 0.25) is 17.7 Å². The van der Waals surface area contributed by atoms with E-state index in [1.54, 1.807) is 12.1 Å². The predicted octanol–water partition coefficient (Wildman–Crippen LogP) is 5.50. The largest absolute Gasteiger partial charge is 0.359 e. The van der Waals surface area contributed by atoms with Crippen LogP contribution in [0.4, 0.5) is 9.52 Å². The van der Waals surface area contributed by atoms with Crippen molar-refractivity contribution in [1.29, 1.82) is 0 Å². The molecule has 1 aromatic heterocycles. The molecule has 132 valence electrons. The van der Waals surface area contributed by atoms with Crippen LogP contribution in [0.1, 0.15) is 22.3 Å². The van der Waals surface area contributed by atoms with E-state index in [-0.39, 0.29) is 24.3 Å². The molecule has 2 heterocycles. The third kappa shape index (κ3) is 3.36. The van der Waals surface area contributed by atoms with E-state index >= 15 is 0 Å². The first-order valence-corrected chi connectivity index (χ1v) is 9.82. The number of hydrogen-bond donors (Lipinski definition) is 1. The summed E-state index contributed by atoms with van der Waals surface area (Å²) in [6.45, 7) is 1.91. The Bertz CT molecular complexity index is 993. The molecule has 1 saturated heterocycles. The predicted molar refractivity (Wildman–Crippen MR) is 107 cm³/mol. The lowest BCUT2D eigenvalue weighted by Crippen LogP contribution is -2.25. The van der Waals surface area contributed by atoms with Gasteiger partial charge in [0.25, 0.3) is 0 Å². The van der Waals surface area contributed by atoms with Gasteiger partial charge >= 0.3 is 0 Å². The molecule has 0 spiro atoms. The Hall–Kier alpha value is -1.92. The highest BCUT2D eigenvalue weighted by Gasteiger charge is 2.35. The highest BCUT2D eigenvalue weighted by molar-refractivity contribution is 7.22. The number of aromatic nitrogens is 1. The number of fused-ring (bicyclic) bond motifs is 1. The van der Waals surface area contributed by atoms with Crippen LogP contribution in [0.3, 0.4) is 0 Å². The van der Waals surface area contributed by atoms with Crippen LogP contribution >= 0.6 is 22.9 Å². The third-order valence-corrected chi connectivity index (χ3v) is 6.17. The average molecular weight is 387 g/mol. The second-order valence-electron chi connectivity index (χ2n) is 6.80. The molecule has 0 aliphatic carbocycles. The van der Waals surface area contributed by atoms with Crippen LogP contribution in [-0.2, 0) is 0 Å². The molecule has 0 radical (unpaired) electrons. The van der Waals surface area contributed by atoms with Crippen molar-refractivity contribution < 1.29 is 9.18 Å². The summed E-state index contributed by atoms with van der Waals surface area (Å²) in [5.74, 6) is -0.305. The molecular formula is C19H17BClFN2OS. The van der Waals surface area contributed by atoms with Crippen LogP contribution in [-0.4, -0.2) is 23.4 Å². The topological polar surface area (TPSA) is 42.0 Å².